The van der Waals surface area contributed by atoms with Gasteiger partial charge in [-0.2, -0.15) is 0 Å². The molecule has 0 heterocycles. The first-order valence-corrected chi connectivity index (χ1v) is 10.3. The van der Waals surface area contributed by atoms with E-state index >= 15 is 0 Å². The van der Waals surface area contributed by atoms with Crippen molar-refractivity contribution in [2.75, 3.05) is 12.8 Å². The van der Waals surface area contributed by atoms with Gasteiger partial charge < -0.3 is 5.32 Å². The molecular formula is C13H18ClNO4S2. The summed E-state index contributed by atoms with van der Waals surface area (Å²) in [7, 11) is 0.543. The lowest BCUT2D eigenvalue weighted by Gasteiger charge is -2.10. The quantitative estimate of drug-likeness (QED) is 0.753. The fraction of sp³-hybridized carbons (Fsp3) is 0.462. The zero-order valence-electron chi connectivity index (χ0n) is 11.8. The van der Waals surface area contributed by atoms with Gasteiger partial charge in [0.15, 0.2) is 0 Å². The summed E-state index contributed by atoms with van der Waals surface area (Å²) in [4.78, 5) is 11.7. The highest BCUT2D eigenvalue weighted by Gasteiger charge is 2.10. The van der Waals surface area contributed by atoms with Crippen LogP contribution in [0.3, 0.4) is 0 Å². The first-order chi connectivity index (χ1) is 9.70. The van der Waals surface area contributed by atoms with E-state index in [0.29, 0.717) is 13.0 Å². The van der Waals surface area contributed by atoms with Crippen molar-refractivity contribution >= 4 is 36.4 Å². The van der Waals surface area contributed by atoms with E-state index in [0.717, 1.165) is 5.56 Å². The van der Waals surface area contributed by atoms with E-state index in [1.54, 1.807) is 18.4 Å². The molecule has 0 radical (unpaired) electrons. The van der Waals surface area contributed by atoms with Gasteiger partial charge in [-0.15, -0.1) is 0 Å². The molecule has 8 heteroatoms. The summed E-state index contributed by atoms with van der Waals surface area (Å²) in [6, 6.07) is 6.09. The molecular weight excluding hydrogens is 334 g/mol. The third kappa shape index (κ3) is 6.58. The van der Waals surface area contributed by atoms with Gasteiger partial charge in [0, 0.05) is 46.0 Å². The summed E-state index contributed by atoms with van der Waals surface area (Å²) in [6.07, 6.45) is 2.39. The lowest BCUT2D eigenvalue weighted by Crippen LogP contribution is -2.32. The predicted molar refractivity (Wildman–Crippen MR) is 84.3 cm³/mol. The number of halogens is 1. The average Bonchev–Trinajstić information content (AvgIpc) is 2.41. The lowest BCUT2D eigenvalue weighted by atomic mass is 10.1. The lowest BCUT2D eigenvalue weighted by molar-refractivity contribution is -0.121. The molecule has 118 valence electrons. The Morgan fingerprint density at radius 2 is 1.90 bits per heavy atom. The topological polar surface area (TPSA) is 80.3 Å². The highest BCUT2D eigenvalue weighted by molar-refractivity contribution is 8.13. The molecule has 21 heavy (non-hydrogen) atoms. The van der Waals surface area contributed by atoms with Crippen LogP contribution >= 0.6 is 10.7 Å². The molecule has 0 saturated heterocycles. The molecule has 1 N–H and O–H groups in total. The normalized spacial score (nSPS) is 14.4. The second-order valence-corrected chi connectivity index (χ2v) is 9.06. The van der Waals surface area contributed by atoms with Gasteiger partial charge in [0.25, 0.3) is 9.05 Å². The largest absolute Gasteiger partial charge is 0.355 e. The van der Waals surface area contributed by atoms with E-state index in [1.165, 1.54) is 12.1 Å². The van der Waals surface area contributed by atoms with E-state index in [-0.39, 0.29) is 22.5 Å². The zero-order chi connectivity index (χ0) is 16.0. The van der Waals surface area contributed by atoms with Crippen molar-refractivity contribution in [3.05, 3.63) is 29.8 Å². The maximum atomic E-state index is 11.6. The highest BCUT2D eigenvalue weighted by atomic mass is 35.7. The van der Waals surface area contributed by atoms with Gasteiger partial charge in [-0.05, 0) is 31.0 Å². The van der Waals surface area contributed by atoms with Crippen LogP contribution in [0.2, 0.25) is 0 Å². The van der Waals surface area contributed by atoms with Gasteiger partial charge in [-0.3, -0.25) is 9.00 Å². The Hall–Kier alpha value is -0.920. The van der Waals surface area contributed by atoms with Gasteiger partial charge in [0.1, 0.15) is 0 Å². The Labute approximate surface area is 132 Å². The van der Waals surface area contributed by atoms with Crippen LogP contribution in [-0.4, -0.2) is 36.6 Å². The average molecular weight is 352 g/mol. The van der Waals surface area contributed by atoms with E-state index < -0.39 is 19.9 Å². The van der Waals surface area contributed by atoms with E-state index in [1.807, 2.05) is 6.92 Å². The van der Waals surface area contributed by atoms with Crippen LogP contribution < -0.4 is 5.32 Å². The minimum Gasteiger partial charge on any atom is -0.355 e. The first-order valence-electron chi connectivity index (χ1n) is 6.32. The van der Waals surface area contributed by atoms with E-state index in [2.05, 4.69) is 5.32 Å². The van der Waals surface area contributed by atoms with E-state index in [9.17, 15) is 17.4 Å². The highest BCUT2D eigenvalue weighted by Crippen LogP contribution is 2.15. The van der Waals surface area contributed by atoms with Gasteiger partial charge in [0.05, 0.1) is 4.90 Å². The van der Waals surface area contributed by atoms with Crippen LogP contribution in [0.25, 0.3) is 0 Å². The maximum absolute atomic E-state index is 11.6. The molecule has 0 saturated carbocycles. The number of rotatable bonds is 7. The molecule has 0 spiro atoms. The molecule has 0 aromatic heterocycles. The summed E-state index contributed by atoms with van der Waals surface area (Å²) in [5.74, 6) is -0.124. The maximum Gasteiger partial charge on any atom is 0.261 e. The molecule has 5 nitrogen and oxygen atoms in total. The number of hydrogen-bond acceptors (Lipinski definition) is 4. The second-order valence-electron chi connectivity index (χ2n) is 4.70. The van der Waals surface area contributed by atoms with Crippen molar-refractivity contribution in [1.29, 1.82) is 0 Å². The SMILES string of the molecule is CC(CNC(=O)CCc1ccc(S(=O)(=O)Cl)cc1)S(C)=O. The third-order valence-electron chi connectivity index (χ3n) is 3.00. The summed E-state index contributed by atoms with van der Waals surface area (Å²) in [6.45, 7) is 2.19. The molecule has 2 atom stereocenters. The Bertz CT molecular complexity index is 614. The summed E-state index contributed by atoms with van der Waals surface area (Å²) in [5, 5.41) is 2.64. The molecule has 0 aliphatic carbocycles. The summed E-state index contributed by atoms with van der Waals surface area (Å²) < 4.78 is 33.3. The molecule has 1 aromatic carbocycles. The monoisotopic (exact) mass is 351 g/mol. The molecule has 1 aromatic rings. The number of aryl methyl sites for hydroxylation is 1. The van der Waals surface area contributed by atoms with Crippen LogP contribution in [0.15, 0.2) is 29.2 Å². The van der Waals surface area contributed by atoms with Crippen molar-refractivity contribution in [3.8, 4) is 0 Å². The van der Waals surface area contributed by atoms with Crippen LogP contribution in [0.1, 0.15) is 18.9 Å². The van der Waals surface area contributed by atoms with Crippen molar-refractivity contribution < 1.29 is 17.4 Å². The van der Waals surface area contributed by atoms with Crippen molar-refractivity contribution in [2.45, 2.75) is 29.9 Å². The molecule has 0 bridgehead atoms. The minimum atomic E-state index is -3.71. The Balaban J connectivity index is 2.45. The van der Waals surface area contributed by atoms with Crippen molar-refractivity contribution in [2.24, 2.45) is 0 Å². The Morgan fingerprint density at radius 3 is 2.38 bits per heavy atom. The molecule has 2 unspecified atom stereocenters. The van der Waals surface area contributed by atoms with Gasteiger partial charge in [0.2, 0.25) is 5.91 Å². The number of hydrogen-bond donors (Lipinski definition) is 1. The van der Waals surface area contributed by atoms with E-state index in [4.69, 9.17) is 10.7 Å². The fourth-order valence-corrected chi connectivity index (χ4v) is 2.63. The molecule has 0 fully saturated rings. The molecule has 0 aliphatic rings. The van der Waals surface area contributed by atoms with Gasteiger partial charge in [-0.1, -0.05) is 12.1 Å². The summed E-state index contributed by atoms with van der Waals surface area (Å²) in [5.41, 5.74) is 0.848. The van der Waals surface area contributed by atoms with Crippen LogP contribution in [0, 0.1) is 0 Å². The first kappa shape index (κ1) is 18.1. The van der Waals surface area contributed by atoms with Crippen molar-refractivity contribution in [3.63, 3.8) is 0 Å². The van der Waals surface area contributed by atoms with Crippen molar-refractivity contribution in [1.82, 2.24) is 5.32 Å². The molecule has 1 amide bonds. The minimum absolute atomic E-state index is 0.0385. The third-order valence-corrected chi connectivity index (χ3v) is 5.67. The number of benzene rings is 1. The molecule has 1 rings (SSSR count). The smallest absolute Gasteiger partial charge is 0.261 e. The van der Waals surface area contributed by atoms with Gasteiger partial charge >= 0.3 is 0 Å². The number of amides is 1. The standard InChI is InChI=1S/C13H18ClNO4S2/c1-10(20(2)17)9-15-13(16)8-5-11-3-6-12(7-4-11)21(14,18)19/h3-4,6-7,10H,5,8-9H2,1-2H3,(H,15,16). The molecule has 0 aliphatic heterocycles. The Morgan fingerprint density at radius 1 is 1.33 bits per heavy atom. The summed E-state index contributed by atoms with van der Waals surface area (Å²) >= 11 is 0. The van der Waals surface area contributed by atoms with Crippen LogP contribution in [0.4, 0.5) is 0 Å². The number of nitrogens with one attached hydrogen (secondary N) is 1. The predicted octanol–water partition coefficient (Wildman–Crippen LogP) is 1.43. The number of carbonyl (C=O) groups excluding carboxylic acids is 1. The second kappa shape index (κ2) is 7.91. The van der Waals surface area contributed by atoms with Crippen LogP contribution in [-0.2, 0) is 31.1 Å². The zero-order valence-corrected chi connectivity index (χ0v) is 14.2. The van der Waals surface area contributed by atoms with Gasteiger partial charge in [-0.25, -0.2) is 8.42 Å². The number of carbonyl (C=O) groups is 1. The fourth-order valence-electron chi connectivity index (χ4n) is 1.54. The Kier molecular flexibility index (Phi) is 6.83. The van der Waals surface area contributed by atoms with Crippen LogP contribution in [0.5, 0.6) is 0 Å².